The van der Waals surface area contributed by atoms with Crippen molar-refractivity contribution in [2.24, 2.45) is 7.05 Å². The molecule has 2 aromatic heterocycles. The molecule has 0 radical (unpaired) electrons. The third-order valence-electron chi connectivity index (χ3n) is 5.25. The van der Waals surface area contributed by atoms with Gasteiger partial charge < -0.3 is 10.2 Å². The van der Waals surface area contributed by atoms with E-state index in [1.807, 2.05) is 25.1 Å². The minimum Gasteiger partial charge on any atom is -0.334 e. The molecule has 3 aromatic rings. The van der Waals surface area contributed by atoms with Crippen molar-refractivity contribution in [3.63, 3.8) is 0 Å². The van der Waals surface area contributed by atoms with Gasteiger partial charge in [0, 0.05) is 31.6 Å². The number of carbonyl (C=O) groups excluding carboxylic acids is 1. The number of nitrogens with zero attached hydrogens (tertiary/aromatic N) is 4. The summed E-state index contributed by atoms with van der Waals surface area (Å²) >= 11 is 7.58. The van der Waals surface area contributed by atoms with E-state index in [2.05, 4.69) is 15.3 Å². The normalized spacial score (nSPS) is 16.5. The van der Waals surface area contributed by atoms with Crippen LogP contribution in [0.5, 0.6) is 0 Å². The van der Waals surface area contributed by atoms with Crippen LogP contribution in [0, 0.1) is 0 Å². The van der Waals surface area contributed by atoms with Crippen molar-refractivity contribution in [3.8, 4) is 0 Å². The zero-order chi connectivity index (χ0) is 20.5. The summed E-state index contributed by atoms with van der Waals surface area (Å²) < 4.78 is 1.55. The number of thiazole rings is 1. The molecular weight excluding hydrogens is 410 g/mol. The molecule has 1 aliphatic heterocycles. The lowest BCUT2D eigenvalue weighted by atomic mass is 10.2. The van der Waals surface area contributed by atoms with Crippen LogP contribution in [0.2, 0.25) is 5.02 Å². The molecule has 2 amide bonds. The first-order chi connectivity index (χ1) is 14.0. The molecule has 0 aliphatic carbocycles. The average Bonchev–Trinajstić information content (AvgIpc) is 3.36. The molecule has 1 atom stereocenters. The highest BCUT2D eigenvalue weighted by Gasteiger charge is 2.33. The van der Waals surface area contributed by atoms with Crippen LogP contribution in [-0.2, 0) is 20.0 Å². The van der Waals surface area contributed by atoms with E-state index in [-0.39, 0.29) is 17.6 Å². The molecule has 0 bridgehead atoms. The van der Waals surface area contributed by atoms with Crippen LogP contribution < -0.4 is 10.9 Å². The number of aromatic nitrogens is 3. The van der Waals surface area contributed by atoms with Crippen molar-refractivity contribution >= 4 is 39.3 Å². The Morgan fingerprint density at radius 3 is 2.90 bits per heavy atom. The summed E-state index contributed by atoms with van der Waals surface area (Å²) in [6.07, 6.45) is 2.39. The van der Waals surface area contributed by atoms with Crippen LogP contribution in [0.15, 0.2) is 29.1 Å². The van der Waals surface area contributed by atoms with Crippen molar-refractivity contribution in [3.05, 3.63) is 56.0 Å². The average molecular weight is 432 g/mol. The van der Waals surface area contributed by atoms with E-state index in [9.17, 15) is 9.59 Å². The van der Waals surface area contributed by atoms with Gasteiger partial charge in [0.2, 0.25) is 0 Å². The minimum absolute atomic E-state index is 0.137. The van der Waals surface area contributed by atoms with Crippen molar-refractivity contribution in [1.29, 1.82) is 0 Å². The predicted molar refractivity (Wildman–Crippen MR) is 114 cm³/mol. The largest absolute Gasteiger partial charge is 0.334 e. The fourth-order valence-corrected chi connectivity index (χ4v) is 4.95. The fourth-order valence-electron chi connectivity index (χ4n) is 3.65. The lowest BCUT2D eigenvalue weighted by molar-refractivity contribution is 0.192. The number of hydrogen-bond acceptors (Lipinski definition) is 5. The maximum atomic E-state index is 12.8. The summed E-state index contributed by atoms with van der Waals surface area (Å²) in [4.78, 5) is 37.0. The minimum atomic E-state index is -0.151. The Morgan fingerprint density at radius 2 is 2.14 bits per heavy atom. The summed E-state index contributed by atoms with van der Waals surface area (Å²) in [5.41, 5.74) is 1.12. The first kappa shape index (κ1) is 19.8. The molecule has 1 aliphatic rings. The Bertz CT molecular complexity index is 1130. The summed E-state index contributed by atoms with van der Waals surface area (Å²) in [7, 11) is 1.72. The lowest BCUT2D eigenvalue weighted by Crippen LogP contribution is -2.39. The van der Waals surface area contributed by atoms with Gasteiger partial charge in [-0.05, 0) is 24.5 Å². The number of aryl methyl sites for hydroxylation is 1. The number of nitrogens with one attached hydrogen (secondary N) is 1. The monoisotopic (exact) mass is 431 g/mol. The first-order valence-corrected chi connectivity index (χ1v) is 10.8. The summed E-state index contributed by atoms with van der Waals surface area (Å²) in [5, 5.41) is 4.35. The molecule has 3 heterocycles. The first-order valence-electron chi connectivity index (χ1n) is 9.63. The standard InChI is InChI=1S/C20H22ClN5O2S/c1-3-15-23-18-16(19(27)25(15)2)24-17(29-18)14-9-6-10-26(14)20(28)22-11-12-7-4-5-8-13(12)21/h4-5,7-8,14H,3,6,9-11H2,1-2H3,(H,22,28)/t14-/m1/s1. The molecule has 0 unspecified atom stereocenters. The quantitative estimate of drug-likeness (QED) is 0.683. The Hall–Kier alpha value is -2.45. The van der Waals surface area contributed by atoms with Gasteiger partial charge in [-0.1, -0.05) is 48.1 Å². The van der Waals surface area contributed by atoms with Gasteiger partial charge in [0.25, 0.3) is 5.56 Å². The molecule has 1 fully saturated rings. The number of likely N-dealkylation sites (tertiary alicyclic amines) is 1. The molecule has 0 saturated carbocycles. The number of fused-ring (bicyclic) bond motifs is 1. The van der Waals surface area contributed by atoms with E-state index in [0.717, 1.165) is 29.2 Å². The second-order valence-corrected chi connectivity index (χ2v) is 8.47. The summed E-state index contributed by atoms with van der Waals surface area (Å²) in [5.74, 6) is 0.735. The van der Waals surface area contributed by atoms with Crippen LogP contribution >= 0.6 is 22.9 Å². The number of halogens is 1. The van der Waals surface area contributed by atoms with Crippen molar-refractivity contribution in [2.75, 3.05) is 6.54 Å². The summed E-state index contributed by atoms with van der Waals surface area (Å²) in [6, 6.07) is 7.16. The Labute approximate surface area is 177 Å². The molecule has 9 heteroatoms. The third-order valence-corrected chi connectivity index (χ3v) is 6.67. The van der Waals surface area contributed by atoms with E-state index >= 15 is 0 Å². The molecule has 1 aromatic carbocycles. The summed E-state index contributed by atoms with van der Waals surface area (Å²) in [6.45, 7) is 2.99. The number of amides is 2. The van der Waals surface area contributed by atoms with Gasteiger partial charge in [-0.15, -0.1) is 0 Å². The van der Waals surface area contributed by atoms with E-state index in [1.54, 1.807) is 22.6 Å². The Kier molecular flexibility index (Phi) is 5.56. The SMILES string of the molecule is CCc1nc2sc([C@H]3CCCN3C(=O)NCc3ccccc3Cl)nc2c(=O)n1C. The number of hydrogen-bond donors (Lipinski definition) is 1. The maximum absolute atomic E-state index is 12.8. The Balaban J connectivity index is 1.56. The number of carbonyl (C=O) groups is 1. The van der Waals surface area contributed by atoms with Crippen LogP contribution in [-0.4, -0.2) is 32.0 Å². The topological polar surface area (TPSA) is 80.1 Å². The molecular formula is C20H22ClN5O2S. The zero-order valence-corrected chi connectivity index (χ0v) is 17.9. The predicted octanol–water partition coefficient (Wildman–Crippen LogP) is 3.65. The number of rotatable bonds is 4. The van der Waals surface area contributed by atoms with Gasteiger partial charge in [-0.2, -0.15) is 0 Å². The smallest absolute Gasteiger partial charge is 0.318 e. The molecule has 4 rings (SSSR count). The molecule has 0 spiro atoms. The Morgan fingerprint density at radius 1 is 1.34 bits per heavy atom. The van der Waals surface area contributed by atoms with Gasteiger partial charge in [-0.25, -0.2) is 14.8 Å². The van der Waals surface area contributed by atoms with E-state index < -0.39 is 0 Å². The van der Waals surface area contributed by atoms with Crippen LogP contribution in [0.4, 0.5) is 4.79 Å². The van der Waals surface area contributed by atoms with E-state index in [1.165, 1.54) is 11.3 Å². The van der Waals surface area contributed by atoms with Gasteiger partial charge in [0.15, 0.2) is 10.3 Å². The van der Waals surface area contributed by atoms with E-state index in [0.29, 0.717) is 34.9 Å². The maximum Gasteiger partial charge on any atom is 0.318 e. The number of benzene rings is 1. The lowest BCUT2D eigenvalue weighted by Gasteiger charge is -2.23. The third kappa shape index (κ3) is 3.74. The van der Waals surface area contributed by atoms with Gasteiger partial charge in [0.05, 0.1) is 6.04 Å². The zero-order valence-electron chi connectivity index (χ0n) is 16.3. The molecule has 152 valence electrons. The highest BCUT2D eigenvalue weighted by atomic mass is 35.5. The molecule has 1 saturated heterocycles. The van der Waals surface area contributed by atoms with Crippen molar-refractivity contribution < 1.29 is 4.79 Å². The van der Waals surface area contributed by atoms with Gasteiger partial charge in [0.1, 0.15) is 10.8 Å². The fraction of sp³-hybridized carbons (Fsp3) is 0.400. The van der Waals surface area contributed by atoms with Crippen LogP contribution in [0.25, 0.3) is 10.3 Å². The van der Waals surface area contributed by atoms with Crippen molar-refractivity contribution in [1.82, 2.24) is 24.8 Å². The molecule has 29 heavy (non-hydrogen) atoms. The van der Waals surface area contributed by atoms with Crippen LogP contribution in [0.1, 0.15) is 42.2 Å². The second kappa shape index (κ2) is 8.12. The highest BCUT2D eigenvalue weighted by molar-refractivity contribution is 7.18. The number of urea groups is 1. The van der Waals surface area contributed by atoms with Crippen molar-refractivity contribution in [2.45, 2.75) is 38.8 Å². The van der Waals surface area contributed by atoms with E-state index in [4.69, 9.17) is 11.6 Å². The van der Waals surface area contributed by atoms with Gasteiger partial charge in [-0.3, -0.25) is 9.36 Å². The molecule has 7 nitrogen and oxygen atoms in total. The molecule has 1 N–H and O–H groups in total. The second-order valence-electron chi connectivity index (χ2n) is 7.05. The van der Waals surface area contributed by atoms with Crippen LogP contribution in [0.3, 0.4) is 0 Å². The highest BCUT2D eigenvalue weighted by Crippen LogP contribution is 2.35. The van der Waals surface area contributed by atoms with Gasteiger partial charge >= 0.3 is 6.03 Å².